The van der Waals surface area contributed by atoms with Gasteiger partial charge < -0.3 is 25.2 Å². The molecule has 286 valence electrons. The van der Waals surface area contributed by atoms with Gasteiger partial charge in [0.05, 0.1) is 13.2 Å². The number of carbonyl (C=O) groups excluding carboxylic acids is 2. The molecule has 0 aliphatic heterocycles. The Bertz CT molecular complexity index is 942. The smallest absolute Gasteiger partial charge is 0.472 e. The Morgan fingerprint density at radius 2 is 1.12 bits per heavy atom. The van der Waals surface area contributed by atoms with Crippen LogP contribution in [-0.2, 0) is 32.7 Å². The molecular weight excluding hydrogens is 649 g/mol. The van der Waals surface area contributed by atoms with Crippen LogP contribution in [0, 0.1) is 0 Å². The number of aliphatic hydroxyl groups is 1. The van der Waals surface area contributed by atoms with Gasteiger partial charge in [-0.1, -0.05) is 128 Å². The van der Waals surface area contributed by atoms with Crippen LogP contribution in [-0.4, -0.2) is 64.9 Å². The fourth-order valence-corrected chi connectivity index (χ4v) is 5.76. The lowest BCUT2D eigenvalue weighted by molar-refractivity contribution is -0.147. The Hall–Kier alpha value is -2.04. The zero-order valence-electron chi connectivity index (χ0n) is 30.5. The molecule has 49 heavy (non-hydrogen) atoms. The van der Waals surface area contributed by atoms with E-state index < -0.39 is 57.6 Å². The first kappa shape index (κ1) is 47.0. The molecule has 0 fully saturated rings. The lowest BCUT2D eigenvalue weighted by Crippen LogP contribution is -2.43. The highest BCUT2D eigenvalue weighted by Crippen LogP contribution is 2.43. The van der Waals surface area contributed by atoms with E-state index in [-0.39, 0.29) is 12.8 Å². The van der Waals surface area contributed by atoms with Crippen LogP contribution in [0.5, 0.6) is 0 Å². The number of hydrogen-bond donors (Lipinski definition) is 4. The number of amides is 1. The van der Waals surface area contributed by atoms with Crippen molar-refractivity contribution in [3.8, 4) is 0 Å². The molecular formula is C37H68NO10P. The van der Waals surface area contributed by atoms with Crippen molar-refractivity contribution in [3.05, 3.63) is 24.3 Å². The van der Waals surface area contributed by atoms with Crippen LogP contribution in [0.4, 0.5) is 0 Å². The Morgan fingerprint density at radius 3 is 1.67 bits per heavy atom. The molecule has 0 aromatic heterocycles. The summed E-state index contributed by atoms with van der Waals surface area (Å²) in [5, 5.41) is 21.7. The molecule has 0 bridgehead atoms. The van der Waals surface area contributed by atoms with Gasteiger partial charge in [-0.25, -0.2) is 9.36 Å². The minimum absolute atomic E-state index is 0.146. The van der Waals surface area contributed by atoms with Crippen LogP contribution in [0.2, 0.25) is 0 Å². The van der Waals surface area contributed by atoms with Crippen LogP contribution < -0.4 is 5.32 Å². The third kappa shape index (κ3) is 32.9. The summed E-state index contributed by atoms with van der Waals surface area (Å²) in [6, 6.07) is -1.54. The number of unbranched alkanes of at least 4 members (excludes halogenated alkanes) is 17. The van der Waals surface area contributed by atoms with Crippen LogP contribution in [0.25, 0.3) is 0 Å². The van der Waals surface area contributed by atoms with E-state index in [4.69, 9.17) is 13.8 Å². The molecule has 0 heterocycles. The lowest BCUT2D eigenvalue weighted by Gasteiger charge is -2.18. The van der Waals surface area contributed by atoms with Gasteiger partial charge in [0.25, 0.3) is 0 Å². The topological polar surface area (TPSA) is 169 Å². The van der Waals surface area contributed by atoms with Crippen molar-refractivity contribution in [3.63, 3.8) is 0 Å². The average molecular weight is 718 g/mol. The van der Waals surface area contributed by atoms with Gasteiger partial charge in [-0.3, -0.25) is 18.6 Å². The van der Waals surface area contributed by atoms with Gasteiger partial charge >= 0.3 is 19.8 Å². The molecule has 0 aliphatic rings. The monoisotopic (exact) mass is 717 g/mol. The Labute approximate surface area is 296 Å². The number of carboxylic acid groups (broad SMARTS) is 1. The average Bonchev–Trinajstić information content (AvgIpc) is 3.07. The van der Waals surface area contributed by atoms with Crippen LogP contribution in [0.15, 0.2) is 24.3 Å². The van der Waals surface area contributed by atoms with Crippen LogP contribution in [0.1, 0.15) is 162 Å². The molecule has 12 heteroatoms. The Balaban J connectivity index is 3.96. The first-order valence-electron chi connectivity index (χ1n) is 18.9. The maximum atomic E-state index is 12.2. The molecule has 3 unspecified atom stereocenters. The van der Waals surface area contributed by atoms with Gasteiger partial charge in [0.15, 0.2) is 6.04 Å². The molecule has 0 saturated carbocycles. The molecule has 4 N–H and O–H groups in total. The molecule has 0 aliphatic carbocycles. The van der Waals surface area contributed by atoms with Crippen molar-refractivity contribution in [1.29, 1.82) is 0 Å². The third-order valence-electron chi connectivity index (χ3n) is 7.99. The number of carboxylic acids is 1. The van der Waals surface area contributed by atoms with Crippen molar-refractivity contribution in [1.82, 2.24) is 5.32 Å². The third-order valence-corrected chi connectivity index (χ3v) is 8.94. The van der Waals surface area contributed by atoms with Gasteiger partial charge in [0.2, 0.25) is 5.91 Å². The van der Waals surface area contributed by atoms with Crippen molar-refractivity contribution in [2.75, 3.05) is 19.8 Å². The number of phosphoric ester groups is 1. The molecule has 0 radical (unpaired) electrons. The van der Waals surface area contributed by atoms with Gasteiger partial charge in [0.1, 0.15) is 12.7 Å². The molecule has 11 nitrogen and oxygen atoms in total. The first-order valence-corrected chi connectivity index (χ1v) is 20.4. The van der Waals surface area contributed by atoms with E-state index in [1.54, 1.807) is 0 Å². The van der Waals surface area contributed by atoms with E-state index in [1.807, 2.05) is 0 Å². The normalized spacial score (nSPS) is 14.2. The highest BCUT2D eigenvalue weighted by molar-refractivity contribution is 7.47. The zero-order valence-corrected chi connectivity index (χ0v) is 31.4. The molecule has 3 atom stereocenters. The summed E-state index contributed by atoms with van der Waals surface area (Å²) in [5.41, 5.74) is 0. The van der Waals surface area contributed by atoms with Crippen molar-refractivity contribution in [2.24, 2.45) is 0 Å². The largest absolute Gasteiger partial charge is 0.480 e. The summed E-state index contributed by atoms with van der Waals surface area (Å²) < 4.78 is 26.7. The van der Waals surface area contributed by atoms with Gasteiger partial charge in [-0.05, 0) is 44.9 Å². The van der Waals surface area contributed by atoms with E-state index in [1.165, 1.54) is 64.2 Å². The van der Waals surface area contributed by atoms with Gasteiger partial charge in [-0.2, -0.15) is 0 Å². The summed E-state index contributed by atoms with van der Waals surface area (Å²) in [5.74, 6) is -2.39. The number of hydrogen-bond acceptors (Lipinski definition) is 8. The van der Waals surface area contributed by atoms with E-state index in [2.05, 4.69) is 43.5 Å². The summed E-state index contributed by atoms with van der Waals surface area (Å²) in [6.45, 7) is 2.50. The minimum atomic E-state index is -4.74. The van der Waals surface area contributed by atoms with Crippen molar-refractivity contribution < 1.29 is 47.8 Å². The number of phosphoric acid groups is 1. The maximum Gasteiger partial charge on any atom is 0.472 e. The number of nitrogens with one attached hydrogen (secondary N) is 1. The fourth-order valence-electron chi connectivity index (χ4n) is 4.99. The second kappa shape index (κ2) is 33.1. The molecule has 1 amide bonds. The number of allylic oxidation sites excluding steroid dienone is 4. The van der Waals surface area contributed by atoms with Crippen LogP contribution in [0.3, 0.4) is 0 Å². The summed E-state index contributed by atoms with van der Waals surface area (Å²) >= 11 is 0. The second-order valence-electron chi connectivity index (χ2n) is 12.8. The van der Waals surface area contributed by atoms with Gasteiger partial charge in [-0.15, -0.1) is 0 Å². The lowest BCUT2D eigenvalue weighted by atomic mass is 10.1. The first-order chi connectivity index (χ1) is 23.6. The highest BCUT2D eigenvalue weighted by Gasteiger charge is 2.28. The number of aliphatic hydroxyl groups excluding tert-OH is 1. The number of esters is 1. The minimum Gasteiger partial charge on any atom is -0.480 e. The van der Waals surface area contributed by atoms with E-state index >= 15 is 0 Å². The maximum absolute atomic E-state index is 12.2. The standard InChI is InChI=1S/C37H68NO10P/c1-3-5-7-9-11-13-14-15-16-17-18-19-21-23-25-27-29-36(41)46-30-33(39)31-47-49(44,45)48-32-34(37(42)43)38-35(40)28-26-24-22-20-12-10-8-6-4-2/h13-14,16-17,33-34,39H,3-12,15,18-32H2,1-2H3,(H,38,40)(H,42,43)(H,44,45)/b14-13-,17-16-. The Morgan fingerprint density at radius 1 is 0.653 bits per heavy atom. The quantitative estimate of drug-likeness (QED) is 0.0215. The number of ether oxygens (including phenoxy) is 1. The van der Waals surface area contributed by atoms with Crippen molar-refractivity contribution in [2.45, 2.75) is 174 Å². The summed E-state index contributed by atoms with van der Waals surface area (Å²) in [7, 11) is -4.74. The predicted molar refractivity (Wildman–Crippen MR) is 194 cm³/mol. The summed E-state index contributed by atoms with van der Waals surface area (Å²) in [4.78, 5) is 45.5. The SMILES string of the molecule is CCCCCC/C=C\C/C=C\CCCCCCCC(=O)OCC(O)COP(=O)(O)OCC(NC(=O)CCCCCCCCCCC)C(=O)O. The fraction of sp³-hybridized carbons (Fsp3) is 0.811. The molecule has 0 spiro atoms. The number of rotatable bonds is 35. The Kier molecular flexibility index (Phi) is 31.7. The molecule has 0 rings (SSSR count). The highest BCUT2D eigenvalue weighted by atomic mass is 31.2. The zero-order chi connectivity index (χ0) is 36.4. The predicted octanol–water partition coefficient (Wildman–Crippen LogP) is 8.72. The van der Waals surface area contributed by atoms with E-state index in [9.17, 15) is 34.1 Å². The van der Waals surface area contributed by atoms with Crippen LogP contribution >= 0.6 is 7.82 Å². The van der Waals surface area contributed by atoms with E-state index in [0.29, 0.717) is 12.8 Å². The summed E-state index contributed by atoms with van der Waals surface area (Å²) in [6.07, 6.45) is 30.8. The van der Waals surface area contributed by atoms with E-state index in [0.717, 1.165) is 57.8 Å². The second-order valence-corrected chi connectivity index (χ2v) is 14.2. The molecule has 0 aromatic carbocycles. The van der Waals surface area contributed by atoms with Crippen molar-refractivity contribution >= 4 is 25.7 Å². The molecule has 0 saturated heterocycles. The number of carbonyl (C=O) groups is 3. The molecule has 0 aromatic rings. The number of aliphatic carboxylic acids is 1. The van der Waals surface area contributed by atoms with Gasteiger partial charge in [0, 0.05) is 12.8 Å².